The zero-order chi connectivity index (χ0) is 20.0. The van der Waals surface area contributed by atoms with Crippen LogP contribution >= 0.6 is 24.8 Å². The topological polar surface area (TPSA) is 33.7 Å². The van der Waals surface area contributed by atoms with Crippen LogP contribution in [0.25, 0.3) is 0 Å². The molecule has 0 aromatic heterocycles. The molecule has 1 N–H and O–H groups in total. The fraction of sp³-hybridized carbons (Fsp3) is 0.429. The van der Waals surface area contributed by atoms with E-state index >= 15 is 0 Å². The van der Waals surface area contributed by atoms with Crippen molar-refractivity contribution < 1.29 is 22.6 Å². The lowest BCUT2D eigenvalue weighted by atomic mass is 10.00. The van der Waals surface area contributed by atoms with Gasteiger partial charge in [0.1, 0.15) is 6.61 Å². The summed E-state index contributed by atoms with van der Waals surface area (Å²) in [5.41, 5.74) is 1.56. The minimum absolute atomic E-state index is 0. The molecule has 1 aliphatic heterocycles. The van der Waals surface area contributed by atoms with E-state index in [2.05, 4.69) is 5.32 Å². The van der Waals surface area contributed by atoms with Crippen LogP contribution in [-0.2, 0) is 6.61 Å². The van der Waals surface area contributed by atoms with E-state index in [9.17, 15) is 13.2 Å². The van der Waals surface area contributed by atoms with E-state index in [-0.39, 0.29) is 24.8 Å². The van der Waals surface area contributed by atoms with Gasteiger partial charge in [0.25, 0.3) is 0 Å². The Morgan fingerprint density at radius 2 is 1.67 bits per heavy atom. The van der Waals surface area contributed by atoms with Crippen LogP contribution in [0.2, 0.25) is 0 Å². The van der Waals surface area contributed by atoms with Crippen molar-refractivity contribution in [2.24, 2.45) is 0 Å². The second-order valence-corrected chi connectivity index (χ2v) is 6.81. The van der Waals surface area contributed by atoms with Crippen molar-refractivity contribution in [2.45, 2.75) is 25.2 Å². The Kier molecular flexibility index (Phi) is 10.8. The van der Waals surface area contributed by atoms with E-state index in [0.717, 1.165) is 5.56 Å². The summed E-state index contributed by atoms with van der Waals surface area (Å²) < 4.78 is 51.0. The molecule has 30 heavy (non-hydrogen) atoms. The molecule has 0 amide bonds. The zero-order valence-electron chi connectivity index (χ0n) is 16.7. The largest absolute Gasteiger partial charge is 0.493 e. The number of benzene rings is 2. The number of hydrogen-bond donors (Lipinski definition) is 1. The second kappa shape index (κ2) is 12.2. The van der Waals surface area contributed by atoms with Crippen LogP contribution in [0.15, 0.2) is 48.5 Å². The van der Waals surface area contributed by atoms with Gasteiger partial charge in [-0.25, -0.2) is 0 Å². The Bertz CT molecular complexity index is 758. The maximum absolute atomic E-state index is 13.3. The SMILES string of the molecule is COc1ccc([C@H](CC(F)(F)F)N2CCNCC2)cc1OCc1ccccc1.Cl.Cl. The number of nitrogens with one attached hydrogen (secondary N) is 1. The highest BCUT2D eigenvalue weighted by Crippen LogP contribution is 2.38. The molecule has 2 aromatic carbocycles. The second-order valence-electron chi connectivity index (χ2n) is 6.81. The molecule has 2 aromatic rings. The Balaban J connectivity index is 0.00000225. The Morgan fingerprint density at radius 3 is 2.27 bits per heavy atom. The smallest absolute Gasteiger partial charge is 0.390 e. The number of nitrogens with zero attached hydrogens (tertiary/aromatic N) is 1. The lowest BCUT2D eigenvalue weighted by Gasteiger charge is -2.35. The summed E-state index contributed by atoms with van der Waals surface area (Å²) in [4.78, 5) is 1.88. The highest BCUT2D eigenvalue weighted by Gasteiger charge is 2.36. The van der Waals surface area contributed by atoms with E-state index in [1.807, 2.05) is 35.2 Å². The molecular weight excluding hydrogens is 440 g/mol. The fourth-order valence-corrected chi connectivity index (χ4v) is 3.42. The molecule has 0 spiro atoms. The number of methoxy groups -OCH3 is 1. The van der Waals surface area contributed by atoms with E-state index in [4.69, 9.17) is 9.47 Å². The first-order chi connectivity index (χ1) is 13.5. The molecule has 4 nitrogen and oxygen atoms in total. The lowest BCUT2D eigenvalue weighted by Crippen LogP contribution is -2.46. The number of halogens is 5. The molecule has 0 saturated carbocycles. The molecular formula is C21H27Cl2F3N2O2. The third-order valence-corrected chi connectivity index (χ3v) is 4.83. The summed E-state index contributed by atoms with van der Waals surface area (Å²) in [6.07, 6.45) is -5.14. The minimum atomic E-state index is -4.25. The van der Waals surface area contributed by atoms with Crippen LogP contribution in [0.3, 0.4) is 0 Å². The Hall–Kier alpha value is -1.67. The minimum Gasteiger partial charge on any atom is -0.493 e. The average Bonchev–Trinajstić information content (AvgIpc) is 2.71. The van der Waals surface area contributed by atoms with Gasteiger partial charge >= 0.3 is 6.18 Å². The normalized spacial score (nSPS) is 15.5. The van der Waals surface area contributed by atoms with Gasteiger partial charge in [-0.1, -0.05) is 36.4 Å². The molecule has 0 aliphatic carbocycles. The van der Waals surface area contributed by atoms with Gasteiger partial charge in [0.2, 0.25) is 0 Å². The van der Waals surface area contributed by atoms with Crippen LogP contribution in [0, 0.1) is 0 Å². The summed E-state index contributed by atoms with van der Waals surface area (Å²) >= 11 is 0. The number of alkyl halides is 3. The summed E-state index contributed by atoms with van der Waals surface area (Å²) in [7, 11) is 1.52. The van der Waals surface area contributed by atoms with Crippen LogP contribution in [0.1, 0.15) is 23.6 Å². The molecule has 1 atom stereocenters. The average molecular weight is 467 g/mol. The van der Waals surface area contributed by atoms with Gasteiger partial charge in [0.05, 0.1) is 13.5 Å². The monoisotopic (exact) mass is 466 g/mol. The Labute approximate surface area is 187 Å². The van der Waals surface area contributed by atoms with Crippen LogP contribution in [0.5, 0.6) is 11.5 Å². The van der Waals surface area contributed by atoms with Gasteiger partial charge < -0.3 is 14.8 Å². The first kappa shape index (κ1) is 26.4. The van der Waals surface area contributed by atoms with Crippen molar-refractivity contribution in [1.82, 2.24) is 10.2 Å². The summed E-state index contributed by atoms with van der Waals surface area (Å²) in [5, 5.41) is 3.18. The maximum atomic E-state index is 13.3. The van der Waals surface area contributed by atoms with Crippen LogP contribution in [0.4, 0.5) is 13.2 Å². The molecule has 9 heteroatoms. The van der Waals surface area contributed by atoms with Gasteiger partial charge in [-0.15, -0.1) is 24.8 Å². The summed E-state index contributed by atoms with van der Waals surface area (Å²) in [6, 6.07) is 13.9. The number of ether oxygens (including phenoxy) is 2. The van der Waals surface area contributed by atoms with Gasteiger partial charge in [0, 0.05) is 32.2 Å². The van der Waals surface area contributed by atoms with Gasteiger partial charge in [-0.3, -0.25) is 4.90 Å². The molecule has 0 radical (unpaired) electrons. The van der Waals surface area contributed by atoms with E-state index in [0.29, 0.717) is 49.8 Å². The van der Waals surface area contributed by atoms with Gasteiger partial charge in [0.15, 0.2) is 11.5 Å². The molecule has 0 bridgehead atoms. The highest BCUT2D eigenvalue weighted by molar-refractivity contribution is 5.85. The molecule has 1 fully saturated rings. The lowest BCUT2D eigenvalue weighted by molar-refractivity contribution is -0.148. The number of hydrogen-bond acceptors (Lipinski definition) is 4. The quantitative estimate of drug-likeness (QED) is 0.621. The van der Waals surface area contributed by atoms with Crippen molar-refractivity contribution in [3.8, 4) is 11.5 Å². The third kappa shape index (κ3) is 7.54. The first-order valence-electron chi connectivity index (χ1n) is 9.32. The number of rotatable bonds is 7. The Morgan fingerprint density at radius 1 is 1.00 bits per heavy atom. The molecule has 1 aliphatic rings. The van der Waals surface area contributed by atoms with Crippen LogP contribution < -0.4 is 14.8 Å². The molecule has 168 valence electrons. The summed E-state index contributed by atoms with van der Waals surface area (Å²) in [5.74, 6) is 0.955. The number of piperazine rings is 1. The van der Waals surface area contributed by atoms with E-state index in [1.54, 1.807) is 18.2 Å². The van der Waals surface area contributed by atoms with Crippen molar-refractivity contribution in [2.75, 3.05) is 33.3 Å². The van der Waals surface area contributed by atoms with E-state index in [1.165, 1.54) is 7.11 Å². The van der Waals surface area contributed by atoms with E-state index < -0.39 is 18.6 Å². The predicted molar refractivity (Wildman–Crippen MR) is 116 cm³/mol. The highest BCUT2D eigenvalue weighted by atomic mass is 35.5. The predicted octanol–water partition coefficient (Wildman–Crippen LogP) is 5.02. The molecule has 0 unspecified atom stereocenters. The first-order valence-corrected chi connectivity index (χ1v) is 9.32. The molecule has 3 rings (SSSR count). The van der Waals surface area contributed by atoms with Gasteiger partial charge in [-0.2, -0.15) is 13.2 Å². The van der Waals surface area contributed by atoms with Crippen molar-refractivity contribution >= 4 is 24.8 Å². The zero-order valence-corrected chi connectivity index (χ0v) is 18.3. The molecule has 1 heterocycles. The third-order valence-electron chi connectivity index (χ3n) is 4.83. The van der Waals surface area contributed by atoms with Crippen molar-refractivity contribution in [3.05, 3.63) is 59.7 Å². The molecule has 1 saturated heterocycles. The van der Waals surface area contributed by atoms with Crippen molar-refractivity contribution in [3.63, 3.8) is 0 Å². The van der Waals surface area contributed by atoms with Crippen molar-refractivity contribution in [1.29, 1.82) is 0 Å². The van der Waals surface area contributed by atoms with Crippen LogP contribution in [-0.4, -0.2) is 44.4 Å². The summed E-state index contributed by atoms with van der Waals surface area (Å²) in [6.45, 7) is 2.84. The van der Waals surface area contributed by atoms with Gasteiger partial charge in [-0.05, 0) is 23.3 Å². The standard InChI is InChI=1S/C21H25F3N2O2.2ClH/c1-27-19-8-7-17(13-20(19)28-15-16-5-3-2-4-6-16)18(14-21(22,23)24)26-11-9-25-10-12-26;;/h2-8,13,18,25H,9-12,14-15H2,1H3;2*1H/t18-;;/m0../s1. The fourth-order valence-electron chi connectivity index (χ4n) is 3.42. The maximum Gasteiger partial charge on any atom is 0.390 e.